The molecule has 1 aliphatic rings. The van der Waals surface area contributed by atoms with Gasteiger partial charge < -0.3 is 15.0 Å². The van der Waals surface area contributed by atoms with Crippen LogP contribution < -0.4 is 5.32 Å². The normalized spacial score (nSPS) is 14.3. The largest absolute Gasteiger partial charge is 0.508 e. The molecule has 0 saturated carbocycles. The number of aromatic nitrogens is 1. The lowest BCUT2D eigenvalue weighted by molar-refractivity contribution is 0.475. The lowest BCUT2D eigenvalue weighted by atomic mass is 9.98. The van der Waals surface area contributed by atoms with Gasteiger partial charge in [-0.3, -0.25) is 0 Å². The third kappa shape index (κ3) is 3.20. The summed E-state index contributed by atoms with van der Waals surface area (Å²) in [7, 11) is 0. The zero-order valence-corrected chi connectivity index (χ0v) is 13.6. The zero-order valence-electron chi connectivity index (χ0n) is 13.6. The fourth-order valence-corrected chi connectivity index (χ4v) is 3.36. The summed E-state index contributed by atoms with van der Waals surface area (Å²) in [5.74, 6) is 0.327. The van der Waals surface area contributed by atoms with Gasteiger partial charge in [0.25, 0.3) is 0 Å². The third-order valence-electron chi connectivity index (χ3n) is 4.46. The van der Waals surface area contributed by atoms with E-state index in [1.807, 2.05) is 12.1 Å². The first-order valence-electron chi connectivity index (χ1n) is 8.39. The molecule has 22 heavy (non-hydrogen) atoms. The second-order valence-corrected chi connectivity index (χ2v) is 6.52. The van der Waals surface area contributed by atoms with Crippen molar-refractivity contribution in [3.63, 3.8) is 0 Å². The third-order valence-corrected chi connectivity index (χ3v) is 4.46. The molecule has 0 aliphatic heterocycles. The number of benzene rings is 1. The van der Waals surface area contributed by atoms with Gasteiger partial charge in [0.15, 0.2) is 0 Å². The molecule has 1 aromatic heterocycles. The second-order valence-electron chi connectivity index (χ2n) is 6.52. The monoisotopic (exact) mass is 298 g/mol. The van der Waals surface area contributed by atoms with Crippen molar-refractivity contribution in [3.8, 4) is 17.0 Å². The standard InChI is InChI=1S/C19H26N2O/c1-14(2)20-11-12-21-18-6-4-3-5-16(18)13-19(21)15-7-9-17(22)10-8-15/h7-10,13-14,20,22H,3-6,11-12H2,1-2H3. The molecule has 0 amide bonds. The minimum atomic E-state index is 0.327. The van der Waals surface area contributed by atoms with Crippen LogP contribution in [0.2, 0.25) is 0 Å². The van der Waals surface area contributed by atoms with E-state index in [1.54, 1.807) is 12.1 Å². The molecule has 1 aromatic carbocycles. The molecule has 0 bridgehead atoms. The Labute approximate surface area is 133 Å². The fraction of sp³-hybridized carbons (Fsp3) is 0.474. The van der Waals surface area contributed by atoms with Crippen molar-refractivity contribution in [1.29, 1.82) is 0 Å². The summed E-state index contributed by atoms with van der Waals surface area (Å²) in [4.78, 5) is 0. The van der Waals surface area contributed by atoms with Crippen molar-refractivity contribution >= 4 is 0 Å². The van der Waals surface area contributed by atoms with Crippen LogP contribution in [-0.4, -0.2) is 22.3 Å². The number of aryl methyl sites for hydroxylation is 1. The van der Waals surface area contributed by atoms with Crippen LogP contribution in [0.25, 0.3) is 11.3 Å². The molecule has 0 unspecified atom stereocenters. The smallest absolute Gasteiger partial charge is 0.115 e. The lowest BCUT2D eigenvalue weighted by Gasteiger charge is -2.18. The van der Waals surface area contributed by atoms with Gasteiger partial charge in [-0.15, -0.1) is 0 Å². The van der Waals surface area contributed by atoms with E-state index in [4.69, 9.17) is 0 Å². The van der Waals surface area contributed by atoms with Crippen LogP contribution in [0.15, 0.2) is 30.3 Å². The number of hydrogen-bond acceptors (Lipinski definition) is 2. The van der Waals surface area contributed by atoms with E-state index in [2.05, 4.69) is 29.8 Å². The highest BCUT2D eigenvalue weighted by atomic mass is 16.3. The maximum Gasteiger partial charge on any atom is 0.115 e. The van der Waals surface area contributed by atoms with Gasteiger partial charge in [0.2, 0.25) is 0 Å². The first kappa shape index (κ1) is 15.2. The van der Waals surface area contributed by atoms with Gasteiger partial charge in [0, 0.05) is 30.5 Å². The second kappa shape index (κ2) is 6.57. The molecule has 2 N–H and O–H groups in total. The summed E-state index contributed by atoms with van der Waals surface area (Å²) in [6, 6.07) is 10.5. The quantitative estimate of drug-likeness (QED) is 0.882. The van der Waals surface area contributed by atoms with Crippen molar-refractivity contribution in [3.05, 3.63) is 41.6 Å². The highest BCUT2D eigenvalue weighted by Crippen LogP contribution is 2.31. The average Bonchev–Trinajstić information content (AvgIpc) is 2.87. The van der Waals surface area contributed by atoms with Gasteiger partial charge in [0.05, 0.1) is 0 Å². The number of hydrogen-bond donors (Lipinski definition) is 2. The summed E-state index contributed by atoms with van der Waals surface area (Å²) in [6.07, 6.45) is 4.99. The molecule has 0 spiro atoms. The van der Waals surface area contributed by atoms with E-state index in [1.165, 1.54) is 48.2 Å². The highest BCUT2D eigenvalue weighted by Gasteiger charge is 2.18. The Morgan fingerprint density at radius 2 is 1.86 bits per heavy atom. The molecule has 118 valence electrons. The number of nitrogens with one attached hydrogen (secondary N) is 1. The topological polar surface area (TPSA) is 37.2 Å². The van der Waals surface area contributed by atoms with Crippen LogP contribution >= 0.6 is 0 Å². The molecule has 0 saturated heterocycles. The molecule has 3 nitrogen and oxygen atoms in total. The molecule has 0 radical (unpaired) electrons. The Balaban J connectivity index is 1.93. The van der Waals surface area contributed by atoms with E-state index in [0.717, 1.165) is 13.1 Å². The summed E-state index contributed by atoms with van der Waals surface area (Å²) < 4.78 is 2.48. The van der Waals surface area contributed by atoms with Crippen molar-refractivity contribution in [2.24, 2.45) is 0 Å². The van der Waals surface area contributed by atoms with Crippen molar-refractivity contribution in [1.82, 2.24) is 9.88 Å². The maximum atomic E-state index is 9.52. The molecule has 1 heterocycles. The van der Waals surface area contributed by atoms with Crippen LogP contribution in [0, 0.1) is 0 Å². The zero-order chi connectivity index (χ0) is 15.5. The van der Waals surface area contributed by atoms with Crippen LogP contribution in [0.5, 0.6) is 5.75 Å². The SMILES string of the molecule is CC(C)NCCn1c(-c2ccc(O)cc2)cc2c1CCCC2. The van der Waals surface area contributed by atoms with E-state index in [0.29, 0.717) is 11.8 Å². The highest BCUT2D eigenvalue weighted by molar-refractivity contribution is 5.63. The van der Waals surface area contributed by atoms with Gasteiger partial charge in [-0.2, -0.15) is 0 Å². The Kier molecular flexibility index (Phi) is 4.53. The first-order valence-corrected chi connectivity index (χ1v) is 8.39. The van der Waals surface area contributed by atoms with E-state index < -0.39 is 0 Å². The Morgan fingerprint density at radius 3 is 2.59 bits per heavy atom. The molecule has 0 fully saturated rings. The Morgan fingerprint density at radius 1 is 1.14 bits per heavy atom. The number of phenolic OH excluding ortho intramolecular Hbond substituents is 1. The molecule has 2 aromatic rings. The Bertz CT molecular complexity index is 626. The number of fused-ring (bicyclic) bond motifs is 1. The van der Waals surface area contributed by atoms with Crippen molar-refractivity contribution in [2.75, 3.05) is 6.54 Å². The van der Waals surface area contributed by atoms with Gasteiger partial charge in [-0.25, -0.2) is 0 Å². The molecule has 3 heteroatoms. The van der Waals surface area contributed by atoms with E-state index in [9.17, 15) is 5.11 Å². The van der Waals surface area contributed by atoms with Gasteiger partial charge in [-0.1, -0.05) is 13.8 Å². The van der Waals surface area contributed by atoms with Gasteiger partial charge >= 0.3 is 0 Å². The van der Waals surface area contributed by atoms with Crippen LogP contribution in [0.4, 0.5) is 0 Å². The molecular formula is C19H26N2O. The fourth-order valence-electron chi connectivity index (χ4n) is 3.36. The predicted octanol–water partition coefficient (Wildman–Crippen LogP) is 3.74. The summed E-state index contributed by atoms with van der Waals surface area (Å²) >= 11 is 0. The van der Waals surface area contributed by atoms with E-state index in [-0.39, 0.29) is 0 Å². The van der Waals surface area contributed by atoms with Gasteiger partial charge in [0.1, 0.15) is 5.75 Å². The Hall–Kier alpha value is -1.74. The minimum Gasteiger partial charge on any atom is -0.508 e. The predicted molar refractivity (Wildman–Crippen MR) is 91.3 cm³/mol. The van der Waals surface area contributed by atoms with Crippen molar-refractivity contribution < 1.29 is 5.11 Å². The van der Waals surface area contributed by atoms with E-state index >= 15 is 0 Å². The molecule has 0 atom stereocenters. The maximum absolute atomic E-state index is 9.52. The number of phenols is 1. The average molecular weight is 298 g/mol. The molecule has 3 rings (SSSR count). The lowest BCUT2D eigenvalue weighted by Crippen LogP contribution is -2.27. The van der Waals surface area contributed by atoms with Crippen molar-refractivity contribution in [2.45, 2.75) is 52.1 Å². The molecular weight excluding hydrogens is 272 g/mol. The number of nitrogens with zero attached hydrogens (tertiary/aromatic N) is 1. The summed E-state index contributed by atoms with van der Waals surface area (Å²) in [6.45, 7) is 6.37. The van der Waals surface area contributed by atoms with Crippen LogP contribution in [0.3, 0.4) is 0 Å². The number of aromatic hydroxyl groups is 1. The summed E-state index contributed by atoms with van der Waals surface area (Å²) in [5.41, 5.74) is 5.51. The van der Waals surface area contributed by atoms with Crippen LogP contribution in [0.1, 0.15) is 37.9 Å². The minimum absolute atomic E-state index is 0.327. The number of rotatable bonds is 5. The summed E-state index contributed by atoms with van der Waals surface area (Å²) in [5, 5.41) is 13.0. The van der Waals surface area contributed by atoms with Crippen LogP contribution in [-0.2, 0) is 19.4 Å². The van der Waals surface area contributed by atoms with Gasteiger partial charge in [-0.05, 0) is 67.1 Å². The molecule has 1 aliphatic carbocycles. The first-order chi connectivity index (χ1) is 10.6.